The minimum absolute atomic E-state index is 0.0675. The van der Waals surface area contributed by atoms with Crippen LogP contribution >= 0.6 is 50.2 Å². The van der Waals surface area contributed by atoms with Crippen molar-refractivity contribution < 1.29 is 4.74 Å². The molecule has 3 nitrogen and oxygen atoms in total. The van der Waals surface area contributed by atoms with Crippen molar-refractivity contribution in [2.45, 2.75) is 26.3 Å². The molecular formula is C14H18BrClN2OS2. The Morgan fingerprint density at radius 2 is 2.24 bits per heavy atom. The molecular weight excluding hydrogens is 392 g/mol. The summed E-state index contributed by atoms with van der Waals surface area (Å²) >= 11 is 13.0. The summed E-state index contributed by atoms with van der Waals surface area (Å²) in [5, 5.41) is 4.60. The first-order valence-corrected chi connectivity index (χ1v) is 9.50. The van der Waals surface area contributed by atoms with E-state index in [0.717, 1.165) is 26.8 Å². The second-order valence-electron chi connectivity index (χ2n) is 4.56. The van der Waals surface area contributed by atoms with Crippen LogP contribution in [0.25, 0.3) is 0 Å². The lowest BCUT2D eigenvalue weighted by Gasteiger charge is -2.14. The number of hydrogen-bond acceptors (Lipinski definition) is 5. The van der Waals surface area contributed by atoms with Gasteiger partial charge in [0.25, 0.3) is 0 Å². The number of hydrogen-bond donors (Lipinski definition) is 1. The molecule has 0 radical (unpaired) electrons. The van der Waals surface area contributed by atoms with Gasteiger partial charge in [-0.2, -0.15) is 0 Å². The van der Waals surface area contributed by atoms with Crippen LogP contribution in [0, 0.1) is 6.92 Å². The summed E-state index contributed by atoms with van der Waals surface area (Å²) in [5.41, 5.74) is 1.18. The highest BCUT2D eigenvalue weighted by atomic mass is 79.9. The summed E-state index contributed by atoms with van der Waals surface area (Å²) in [6.07, 6.45) is 0.960. The number of thiophene rings is 1. The van der Waals surface area contributed by atoms with Crippen molar-refractivity contribution in [2.75, 3.05) is 20.3 Å². The Balaban J connectivity index is 2.30. The summed E-state index contributed by atoms with van der Waals surface area (Å²) in [6.45, 7) is 5.71. The van der Waals surface area contributed by atoms with Gasteiger partial charge in [0.1, 0.15) is 9.34 Å². The number of nitrogens with one attached hydrogen (secondary N) is 1. The third-order valence-electron chi connectivity index (χ3n) is 3.09. The molecule has 2 heterocycles. The average molecular weight is 410 g/mol. The zero-order chi connectivity index (χ0) is 15.4. The predicted octanol–water partition coefficient (Wildman–Crippen LogP) is 4.82. The van der Waals surface area contributed by atoms with Gasteiger partial charge in [-0.15, -0.1) is 22.7 Å². The van der Waals surface area contributed by atoms with Gasteiger partial charge in [-0.05, 0) is 35.3 Å². The highest BCUT2D eigenvalue weighted by molar-refractivity contribution is 9.10. The maximum Gasteiger partial charge on any atom is 0.115 e. The lowest BCUT2D eigenvalue weighted by atomic mass is 10.2. The molecule has 0 amide bonds. The molecule has 0 bridgehead atoms. The van der Waals surface area contributed by atoms with Crippen molar-refractivity contribution in [1.82, 2.24) is 10.3 Å². The van der Waals surface area contributed by atoms with E-state index < -0.39 is 0 Å². The molecule has 0 fully saturated rings. The number of methoxy groups -OCH3 is 1. The van der Waals surface area contributed by atoms with Crippen LogP contribution in [0.15, 0.2) is 10.5 Å². The maximum absolute atomic E-state index is 6.19. The van der Waals surface area contributed by atoms with Crippen molar-refractivity contribution in [1.29, 1.82) is 0 Å². The molecule has 0 aliphatic carbocycles. The van der Waals surface area contributed by atoms with E-state index in [1.807, 2.05) is 0 Å². The molecule has 1 unspecified atom stereocenters. The van der Waals surface area contributed by atoms with Gasteiger partial charge in [-0.3, -0.25) is 0 Å². The Labute approximate surface area is 146 Å². The summed E-state index contributed by atoms with van der Waals surface area (Å²) < 4.78 is 6.84. The Morgan fingerprint density at radius 3 is 2.76 bits per heavy atom. The summed E-state index contributed by atoms with van der Waals surface area (Å²) in [6, 6.07) is 2.14. The van der Waals surface area contributed by atoms with Crippen LogP contribution in [0.3, 0.4) is 0 Å². The maximum atomic E-state index is 6.19. The molecule has 21 heavy (non-hydrogen) atoms. The van der Waals surface area contributed by atoms with E-state index in [4.69, 9.17) is 21.3 Å². The predicted molar refractivity (Wildman–Crippen MR) is 95.0 cm³/mol. The SMILES string of the molecule is CCc1nc(C(NCCOC)c2cc(Br)c(Cl)s2)sc1C. The summed E-state index contributed by atoms with van der Waals surface area (Å²) in [5.74, 6) is 0. The Bertz CT molecular complexity index is 580. The molecule has 2 aromatic rings. The first kappa shape index (κ1) is 17.4. The fraction of sp³-hybridized carbons (Fsp3) is 0.500. The summed E-state index contributed by atoms with van der Waals surface area (Å²) in [7, 11) is 1.71. The van der Waals surface area contributed by atoms with E-state index in [1.54, 1.807) is 29.8 Å². The molecule has 0 aliphatic heterocycles. The van der Waals surface area contributed by atoms with Gasteiger partial charge >= 0.3 is 0 Å². The normalized spacial score (nSPS) is 12.8. The second-order valence-corrected chi connectivity index (χ2v) is 8.33. The van der Waals surface area contributed by atoms with E-state index in [0.29, 0.717) is 6.61 Å². The van der Waals surface area contributed by atoms with E-state index in [9.17, 15) is 0 Å². The van der Waals surface area contributed by atoms with Gasteiger partial charge in [0.15, 0.2) is 0 Å². The first-order chi connectivity index (χ1) is 10.1. The van der Waals surface area contributed by atoms with Crippen molar-refractivity contribution in [2.24, 2.45) is 0 Å². The fourth-order valence-electron chi connectivity index (χ4n) is 2.02. The lowest BCUT2D eigenvalue weighted by Crippen LogP contribution is -2.25. The molecule has 0 saturated carbocycles. The largest absolute Gasteiger partial charge is 0.383 e. The Morgan fingerprint density at radius 1 is 1.48 bits per heavy atom. The zero-order valence-electron chi connectivity index (χ0n) is 12.2. The van der Waals surface area contributed by atoms with Crippen LogP contribution in [0.5, 0.6) is 0 Å². The average Bonchev–Trinajstić information content (AvgIpc) is 2.98. The van der Waals surface area contributed by atoms with Gasteiger partial charge in [0, 0.05) is 27.9 Å². The number of ether oxygens (including phenoxy) is 1. The molecule has 0 saturated heterocycles. The molecule has 2 rings (SSSR count). The van der Waals surface area contributed by atoms with Crippen molar-refractivity contribution in [3.63, 3.8) is 0 Å². The van der Waals surface area contributed by atoms with E-state index >= 15 is 0 Å². The van der Waals surface area contributed by atoms with Gasteiger partial charge in [-0.25, -0.2) is 4.98 Å². The van der Waals surface area contributed by atoms with Gasteiger partial charge in [0.2, 0.25) is 0 Å². The number of nitrogens with zero attached hydrogens (tertiary/aromatic N) is 1. The van der Waals surface area contributed by atoms with Crippen LogP contribution in [0.2, 0.25) is 4.34 Å². The zero-order valence-corrected chi connectivity index (χ0v) is 16.2. The number of rotatable bonds is 7. The Hall–Kier alpha value is 0.0200. The van der Waals surface area contributed by atoms with Crippen LogP contribution in [-0.4, -0.2) is 25.2 Å². The third-order valence-corrected chi connectivity index (χ3v) is 6.71. The van der Waals surface area contributed by atoms with E-state index in [-0.39, 0.29) is 6.04 Å². The molecule has 7 heteroatoms. The van der Waals surface area contributed by atoms with E-state index in [2.05, 4.69) is 41.2 Å². The van der Waals surface area contributed by atoms with Crippen LogP contribution in [-0.2, 0) is 11.2 Å². The molecule has 116 valence electrons. The smallest absolute Gasteiger partial charge is 0.115 e. The molecule has 1 N–H and O–H groups in total. The topological polar surface area (TPSA) is 34.2 Å². The van der Waals surface area contributed by atoms with Crippen LogP contribution in [0.4, 0.5) is 0 Å². The summed E-state index contributed by atoms with van der Waals surface area (Å²) in [4.78, 5) is 7.24. The monoisotopic (exact) mass is 408 g/mol. The molecule has 0 aliphatic rings. The molecule has 0 spiro atoms. The van der Waals surface area contributed by atoms with E-state index in [1.165, 1.54) is 15.4 Å². The highest BCUT2D eigenvalue weighted by Gasteiger charge is 2.21. The minimum Gasteiger partial charge on any atom is -0.383 e. The van der Waals surface area contributed by atoms with Crippen LogP contribution < -0.4 is 5.32 Å². The fourth-order valence-corrected chi connectivity index (χ4v) is 5.02. The van der Waals surface area contributed by atoms with Crippen molar-refractivity contribution in [3.05, 3.63) is 35.3 Å². The number of aryl methyl sites for hydroxylation is 2. The van der Waals surface area contributed by atoms with Crippen molar-refractivity contribution in [3.8, 4) is 0 Å². The molecule has 1 atom stereocenters. The highest BCUT2D eigenvalue weighted by Crippen LogP contribution is 2.38. The molecule has 2 aromatic heterocycles. The second kappa shape index (κ2) is 8.04. The molecule has 0 aromatic carbocycles. The number of aromatic nitrogens is 1. The first-order valence-electron chi connectivity index (χ1n) is 6.70. The van der Waals surface area contributed by atoms with Crippen LogP contribution in [0.1, 0.15) is 33.4 Å². The number of halogens is 2. The van der Waals surface area contributed by atoms with Crippen molar-refractivity contribution >= 4 is 50.2 Å². The number of thiazole rings is 1. The van der Waals surface area contributed by atoms with Gasteiger partial charge in [0.05, 0.1) is 18.3 Å². The minimum atomic E-state index is 0.0675. The standard InChI is InChI=1S/C14H18BrClN2OS2/c1-4-10-8(2)20-14(18-10)12(17-5-6-19-3)11-7-9(15)13(16)21-11/h7,12,17H,4-6H2,1-3H3. The lowest BCUT2D eigenvalue weighted by molar-refractivity contribution is 0.197. The quantitative estimate of drug-likeness (QED) is 0.666. The third kappa shape index (κ3) is 4.27. The van der Waals surface area contributed by atoms with Gasteiger partial charge < -0.3 is 10.1 Å². The van der Waals surface area contributed by atoms with Gasteiger partial charge in [-0.1, -0.05) is 18.5 Å². The Kier molecular flexibility index (Phi) is 6.65.